The van der Waals surface area contributed by atoms with Crippen LogP contribution in [0.3, 0.4) is 0 Å². The van der Waals surface area contributed by atoms with Gasteiger partial charge in [0.1, 0.15) is 4.47 Å². The number of nitrogen functional groups attached to an aromatic ring is 1. The van der Waals surface area contributed by atoms with Gasteiger partial charge in [0.05, 0.1) is 29.9 Å². The van der Waals surface area contributed by atoms with Crippen molar-refractivity contribution in [1.82, 2.24) is 14.5 Å². The number of aromatic nitrogens is 3. The number of hydrogen-bond acceptors (Lipinski definition) is 5. The third-order valence-corrected chi connectivity index (χ3v) is 3.39. The Balaban J connectivity index is 2.34. The van der Waals surface area contributed by atoms with Gasteiger partial charge in [-0.2, -0.15) is 0 Å². The molecule has 0 aliphatic rings. The first-order valence-electron chi connectivity index (χ1n) is 5.25. The van der Waals surface area contributed by atoms with Gasteiger partial charge in [0.15, 0.2) is 0 Å². The minimum atomic E-state index is -0.129. The number of rotatable bonds is 3. The lowest BCUT2D eigenvalue weighted by atomic mass is 10.3. The number of hydrazine groups is 1. The largest absolute Gasteiger partial charge is 0.324 e. The van der Waals surface area contributed by atoms with Gasteiger partial charge in [-0.15, -0.1) is 0 Å². The van der Waals surface area contributed by atoms with Crippen molar-refractivity contribution in [3.05, 3.63) is 50.9 Å². The van der Waals surface area contributed by atoms with Crippen molar-refractivity contribution in [3.63, 3.8) is 0 Å². The summed E-state index contributed by atoms with van der Waals surface area (Å²) in [7, 11) is 0. The average Bonchev–Trinajstić information content (AvgIpc) is 2.40. The second-order valence-electron chi connectivity index (χ2n) is 3.76. The van der Waals surface area contributed by atoms with Gasteiger partial charge in [0.25, 0.3) is 5.56 Å². The molecule has 0 radical (unpaired) electrons. The first kappa shape index (κ1) is 12.7. The molecular formula is C11H12BrN5O. The SMILES string of the molecule is Cc1ncn(Cc2cc(NN)ccn2)c(=O)c1Br. The number of hydrogen-bond donors (Lipinski definition) is 2. The van der Waals surface area contributed by atoms with Crippen molar-refractivity contribution in [3.8, 4) is 0 Å². The lowest BCUT2D eigenvalue weighted by Gasteiger charge is -2.07. The van der Waals surface area contributed by atoms with Crippen LogP contribution in [0, 0.1) is 6.92 Å². The third-order valence-electron chi connectivity index (χ3n) is 2.47. The first-order chi connectivity index (χ1) is 8.61. The number of nitrogens with zero attached hydrogens (tertiary/aromatic N) is 3. The molecule has 0 aliphatic carbocycles. The molecule has 0 atom stereocenters. The summed E-state index contributed by atoms with van der Waals surface area (Å²) in [5, 5.41) is 0. The highest BCUT2D eigenvalue weighted by atomic mass is 79.9. The maximum absolute atomic E-state index is 12.0. The van der Waals surface area contributed by atoms with Crippen LogP contribution in [0.2, 0.25) is 0 Å². The second-order valence-corrected chi connectivity index (χ2v) is 4.55. The fourth-order valence-corrected chi connectivity index (χ4v) is 1.82. The molecule has 18 heavy (non-hydrogen) atoms. The minimum absolute atomic E-state index is 0.129. The summed E-state index contributed by atoms with van der Waals surface area (Å²) in [6, 6.07) is 3.52. The van der Waals surface area contributed by atoms with E-state index < -0.39 is 0 Å². The molecule has 7 heteroatoms. The predicted molar refractivity (Wildman–Crippen MR) is 72.1 cm³/mol. The van der Waals surface area contributed by atoms with Gasteiger partial charge in [-0.05, 0) is 35.0 Å². The quantitative estimate of drug-likeness (QED) is 0.653. The zero-order chi connectivity index (χ0) is 13.1. The molecule has 0 fully saturated rings. The van der Waals surface area contributed by atoms with E-state index in [1.165, 1.54) is 10.9 Å². The van der Waals surface area contributed by atoms with Crippen LogP contribution in [-0.2, 0) is 6.54 Å². The average molecular weight is 310 g/mol. The Hall–Kier alpha value is -1.73. The Kier molecular flexibility index (Phi) is 3.73. The molecule has 2 rings (SSSR count). The first-order valence-corrected chi connectivity index (χ1v) is 6.04. The Labute approximate surface area is 112 Å². The Morgan fingerprint density at radius 3 is 3.00 bits per heavy atom. The molecule has 2 aromatic heterocycles. The van der Waals surface area contributed by atoms with Crippen LogP contribution in [0.15, 0.2) is 33.9 Å². The van der Waals surface area contributed by atoms with Crippen LogP contribution in [0.25, 0.3) is 0 Å². The van der Waals surface area contributed by atoms with Gasteiger partial charge in [-0.1, -0.05) is 0 Å². The van der Waals surface area contributed by atoms with Crippen molar-refractivity contribution in [2.45, 2.75) is 13.5 Å². The van der Waals surface area contributed by atoms with Gasteiger partial charge in [-0.3, -0.25) is 20.2 Å². The highest BCUT2D eigenvalue weighted by Gasteiger charge is 2.06. The van der Waals surface area contributed by atoms with Crippen LogP contribution < -0.4 is 16.8 Å². The molecule has 0 aromatic carbocycles. The minimum Gasteiger partial charge on any atom is -0.324 e. The predicted octanol–water partition coefficient (Wildman–Crippen LogP) is 1.04. The number of aryl methyl sites for hydroxylation is 1. The van der Waals surface area contributed by atoms with Crippen molar-refractivity contribution < 1.29 is 0 Å². The highest BCUT2D eigenvalue weighted by Crippen LogP contribution is 2.09. The van der Waals surface area contributed by atoms with Crippen molar-refractivity contribution >= 4 is 21.6 Å². The molecule has 2 heterocycles. The fraction of sp³-hybridized carbons (Fsp3) is 0.182. The van der Waals surface area contributed by atoms with Gasteiger partial charge >= 0.3 is 0 Å². The zero-order valence-electron chi connectivity index (χ0n) is 9.72. The summed E-state index contributed by atoms with van der Waals surface area (Å²) in [4.78, 5) is 20.3. The van der Waals surface area contributed by atoms with Crippen LogP contribution >= 0.6 is 15.9 Å². The van der Waals surface area contributed by atoms with E-state index in [1.807, 2.05) is 0 Å². The molecule has 94 valence electrons. The van der Waals surface area contributed by atoms with Gasteiger partial charge in [-0.25, -0.2) is 4.98 Å². The lowest BCUT2D eigenvalue weighted by Crippen LogP contribution is -2.23. The summed E-state index contributed by atoms with van der Waals surface area (Å²) in [6.07, 6.45) is 3.14. The molecule has 0 aliphatic heterocycles. The summed E-state index contributed by atoms with van der Waals surface area (Å²) >= 11 is 3.22. The molecule has 0 saturated carbocycles. The van der Waals surface area contributed by atoms with Crippen molar-refractivity contribution in [1.29, 1.82) is 0 Å². The summed E-state index contributed by atoms with van der Waals surface area (Å²) < 4.78 is 1.96. The molecule has 0 unspecified atom stereocenters. The van der Waals surface area contributed by atoms with E-state index in [9.17, 15) is 4.79 Å². The topological polar surface area (TPSA) is 85.8 Å². The fourth-order valence-electron chi connectivity index (χ4n) is 1.49. The normalized spacial score (nSPS) is 10.4. The number of nitrogens with two attached hydrogens (primary N) is 1. The third kappa shape index (κ3) is 2.57. The van der Waals surface area contributed by atoms with Crippen LogP contribution in [0.1, 0.15) is 11.4 Å². The van der Waals surface area contributed by atoms with Crippen LogP contribution in [-0.4, -0.2) is 14.5 Å². The number of anilines is 1. The van der Waals surface area contributed by atoms with Crippen LogP contribution in [0.5, 0.6) is 0 Å². The van der Waals surface area contributed by atoms with E-state index in [-0.39, 0.29) is 5.56 Å². The molecular weight excluding hydrogens is 298 g/mol. The highest BCUT2D eigenvalue weighted by molar-refractivity contribution is 9.10. The van der Waals surface area contributed by atoms with E-state index in [0.29, 0.717) is 16.7 Å². The summed E-state index contributed by atoms with van der Waals surface area (Å²) in [5.41, 5.74) is 4.54. The molecule has 0 amide bonds. The molecule has 2 aromatic rings. The zero-order valence-corrected chi connectivity index (χ0v) is 11.3. The second kappa shape index (κ2) is 5.28. The molecule has 0 spiro atoms. The van der Waals surface area contributed by atoms with E-state index in [4.69, 9.17) is 5.84 Å². The summed E-state index contributed by atoms with van der Waals surface area (Å²) in [5.74, 6) is 5.32. The number of pyridine rings is 1. The Morgan fingerprint density at radius 1 is 1.50 bits per heavy atom. The number of nitrogens with one attached hydrogen (secondary N) is 1. The van der Waals surface area contributed by atoms with Gasteiger partial charge in [0.2, 0.25) is 0 Å². The summed E-state index contributed by atoms with van der Waals surface area (Å²) in [6.45, 7) is 2.12. The maximum atomic E-state index is 12.0. The van der Waals surface area contributed by atoms with E-state index in [0.717, 1.165) is 11.4 Å². The van der Waals surface area contributed by atoms with E-state index >= 15 is 0 Å². The molecule has 3 N–H and O–H groups in total. The Bertz CT molecular complexity index is 625. The van der Waals surface area contributed by atoms with Crippen molar-refractivity contribution in [2.24, 2.45) is 5.84 Å². The monoisotopic (exact) mass is 309 g/mol. The van der Waals surface area contributed by atoms with Crippen molar-refractivity contribution in [2.75, 3.05) is 5.43 Å². The smallest absolute Gasteiger partial charge is 0.268 e. The molecule has 0 saturated heterocycles. The van der Waals surface area contributed by atoms with Crippen LogP contribution in [0.4, 0.5) is 5.69 Å². The number of halogens is 1. The molecule has 0 bridgehead atoms. The van der Waals surface area contributed by atoms with E-state index in [2.05, 4.69) is 31.3 Å². The lowest BCUT2D eigenvalue weighted by molar-refractivity contribution is 0.709. The van der Waals surface area contributed by atoms with Gasteiger partial charge < -0.3 is 5.43 Å². The van der Waals surface area contributed by atoms with Gasteiger partial charge in [0, 0.05) is 6.20 Å². The van der Waals surface area contributed by atoms with E-state index in [1.54, 1.807) is 25.3 Å². The Morgan fingerprint density at radius 2 is 2.28 bits per heavy atom. The molecule has 6 nitrogen and oxygen atoms in total. The standard InChI is InChI=1S/C11H12BrN5O/c1-7-10(12)11(18)17(6-15-7)5-9-4-8(16-13)2-3-14-9/h2-4,6H,5,13H2,1H3,(H,14,16). The maximum Gasteiger partial charge on any atom is 0.268 e.